The van der Waals surface area contributed by atoms with Gasteiger partial charge in [0.25, 0.3) is 0 Å². The van der Waals surface area contributed by atoms with Crippen LogP contribution in [0, 0.1) is 101 Å². The van der Waals surface area contributed by atoms with Crippen LogP contribution in [0.4, 0.5) is 0 Å². The molecule has 0 N–H and O–H groups in total. The Kier molecular flexibility index (Phi) is 110. The zero-order chi connectivity index (χ0) is 103. The third kappa shape index (κ3) is 85.1. The molecule has 1 rings (SSSR count). The van der Waals surface area contributed by atoms with Crippen molar-refractivity contribution in [3.63, 3.8) is 0 Å². The number of hydrogen-bond acceptors (Lipinski definition) is 6. The Morgan fingerprint density at radius 2 is 0.375 bits per heavy atom. The second-order valence-electron chi connectivity index (χ2n) is 46.8. The van der Waals surface area contributed by atoms with Gasteiger partial charge in [0.1, 0.15) is 0 Å². The maximum Gasteiger partial charge on any atom is 0.00695 e. The largest absolute Gasteiger partial charge is 0.303 e. The molecule has 0 aromatic heterocycles. The third-order valence-electron chi connectivity index (χ3n) is 32.3. The van der Waals surface area contributed by atoms with Crippen molar-refractivity contribution in [2.24, 2.45) is 101 Å². The van der Waals surface area contributed by atoms with Gasteiger partial charge in [0.05, 0.1) is 0 Å². The Labute approximate surface area is 866 Å². The molecule has 1 aromatic rings. The summed E-state index contributed by atoms with van der Waals surface area (Å²) in [5.74, 6) is 14.9. The van der Waals surface area contributed by atoms with Crippen LogP contribution in [0.3, 0.4) is 0 Å². The summed E-state index contributed by atoms with van der Waals surface area (Å²) in [6.45, 7) is 106. The van der Waals surface area contributed by atoms with Gasteiger partial charge in [-0.3, -0.25) is 0 Å². The minimum Gasteiger partial charge on any atom is -0.303 e. The predicted octanol–water partition coefficient (Wildman–Crippen LogP) is 41.2. The molecular weight excluding hydrogens is 1650 g/mol. The van der Waals surface area contributed by atoms with Crippen molar-refractivity contribution in [3.8, 4) is 0 Å². The fourth-order valence-corrected chi connectivity index (χ4v) is 21.7. The summed E-state index contributed by atoms with van der Waals surface area (Å²) in [4.78, 5) is 17.0. The molecule has 0 aliphatic rings. The molecule has 0 aliphatic heterocycles. The maximum absolute atomic E-state index is 2.89. The molecule has 0 radical (unpaired) electrons. The van der Waals surface area contributed by atoms with Gasteiger partial charge in [-0.2, -0.15) is 0 Å². The first-order valence-electron chi connectivity index (χ1n) is 62.9. The SMILES string of the molecule is CCCCC(CC)CN(CC(C)C)C(C)CC(C)C.CCCCC(CC)CN(CC(C)CCC)CC(CC)CCCC.CCCCC(CC)CN(CC(CC)CC)CC(CC)CC.CCCCC(CC)CN(CC(CC)CCCC)C(C)CC(C)C.CCCCC(CC)CN(CC(CC)CCCC)CC(CC)CCCC.CCCCC(CC)CN(CCc1ccccc1)CC(CC)CCCC. The van der Waals surface area contributed by atoms with Crippen LogP contribution in [0.5, 0.6) is 0 Å². The molecule has 0 saturated heterocycles. The van der Waals surface area contributed by atoms with Crippen LogP contribution in [0.1, 0.15) is 589 Å². The van der Waals surface area contributed by atoms with E-state index >= 15 is 0 Å². The molecule has 0 bridgehead atoms. The van der Waals surface area contributed by atoms with Gasteiger partial charge < -0.3 is 29.4 Å². The van der Waals surface area contributed by atoms with Crippen LogP contribution < -0.4 is 0 Å². The maximum atomic E-state index is 2.89. The van der Waals surface area contributed by atoms with Gasteiger partial charge in [0.15, 0.2) is 0 Å². The van der Waals surface area contributed by atoms with Gasteiger partial charge >= 0.3 is 0 Å². The van der Waals surface area contributed by atoms with E-state index in [0.29, 0.717) is 0 Å². The fourth-order valence-electron chi connectivity index (χ4n) is 21.7. The lowest BCUT2D eigenvalue weighted by atomic mass is 9.93. The van der Waals surface area contributed by atoms with Crippen LogP contribution >= 0.6 is 0 Å². The van der Waals surface area contributed by atoms with Crippen LogP contribution in [-0.4, -0.2) is 146 Å². The summed E-state index contributed by atoms with van der Waals surface area (Å²) in [7, 11) is 0. The lowest BCUT2D eigenvalue weighted by molar-refractivity contribution is 0.125. The molecular formula is C130H270N6. The second kappa shape index (κ2) is 104. The van der Waals surface area contributed by atoms with Crippen molar-refractivity contribution in [1.29, 1.82) is 0 Å². The highest BCUT2D eigenvalue weighted by Crippen LogP contribution is 2.30. The summed E-state index contributed by atoms with van der Waals surface area (Å²) in [6.07, 6.45) is 72.5. The highest BCUT2D eigenvalue weighted by Gasteiger charge is 2.27. The number of nitrogens with zero attached hydrogens (tertiary/aromatic N) is 6. The van der Waals surface area contributed by atoms with Crippen LogP contribution in [0.15, 0.2) is 30.3 Å². The van der Waals surface area contributed by atoms with E-state index in [4.69, 9.17) is 0 Å². The molecule has 1 aromatic carbocycles. The number of hydrogen-bond donors (Lipinski definition) is 0. The lowest BCUT2D eigenvalue weighted by Crippen LogP contribution is -2.41. The van der Waals surface area contributed by atoms with Crippen molar-refractivity contribution in [2.75, 3.05) is 105 Å². The van der Waals surface area contributed by atoms with Crippen molar-refractivity contribution < 1.29 is 0 Å². The van der Waals surface area contributed by atoms with E-state index in [1.165, 1.54) is 451 Å². The summed E-state index contributed by atoms with van der Waals surface area (Å²) >= 11 is 0. The van der Waals surface area contributed by atoms with E-state index in [-0.39, 0.29) is 0 Å². The van der Waals surface area contributed by atoms with Gasteiger partial charge in [-0.15, -0.1) is 0 Å². The molecule has 14 unspecified atom stereocenters. The van der Waals surface area contributed by atoms with Gasteiger partial charge in [-0.1, -0.05) is 510 Å². The molecule has 6 heteroatoms. The van der Waals surface area contributed by atoms with E-state index in [0.717, 1.165) is 113 Å². The molecule has 0 spiro atoms. The van der Waals surface area contributed by atoms with Gasteiger partial charge in [-0.25, -0.2) is 0 Å². The summed E-state index contributed by atoms with van der Waals surface area (Å²) in [6, 6.07) is 12.5. The Morgan fingerprint density at radius 1 is 0.184 bits per heavy atom. The molecule has 0 aliphatic carbocycles. The summed E-state index contributed by atoms with van der Waals surface area (Å²) in [5.41, 5.74) is 1.48. The van der Waals surface area contributed by atoms with Crippen molar-refractivity contribution >= 4 is 0 Å². The first-order valence-corrected chi connectivity index (χ1v) is 62.9. The molecule has 136 heavy (non-hydrogen) atoms. The average Bonchev–Trinajstić information content (AvgIpc) is 0.895. The minimum absolute atomic E-state index is 0.734. The Morgan fingerprint density at radius 3 is 0.566 bits per heavy atom. The Bertz CT molecular complexity index is 2270. The van der Waals surface area contributed by atoms with Crippen molar-refractivity contribution in [2.45, 2.75) is 602 Å². The van der Waals surface area contributed by atoms with Gasteiger partial charge in [0, 0.05) is 117 Å². The topological polar surface area (TPSA) is 19.4 Å². The zero-order valence-electron chi connectivity index (χ0n) is 102. The Balaban J connectivity index is -0.000000506. The van der Waals surface area contributed by atoms with E-state index in [1.54, 1.807) is 0 Å². The van der Waals surface area contributed by atoms with E-state index in [1.807, 2.05) is 0 Å². The van der Waals surface area contributed by atoms with Gasteiger partial charge in [0.2, 0.25) is 0 Å². The number of benzene rings is 1. The third-order valence-corrected chi connectivity index (χ3v) is 32.3. The van der Waals surface area contributed by atoms with E-state index in [2.05, 4.69) is 309 Å². The predicted molar refractivity (Wildman–Crippen MR) is 630 cm³/mol. The quantitative estimate of drug-likeness (QED) is 0.0643. The summed E-state index contributed by atoms with van der Waals surface area (Å²) in [5, 5.41) is 0. The molecule has 0 heterocycles. The van der Waals surface area contributed by atoms with E-state index in [9.17, 15) is 0 Å². The highest BCUT2D eigenvalue weighted by molar-refractivity contribution is 5.15. The first-order chi connectivity index (χ1) is 65.5. The fraction of sp³-hybridized carbons (Fsp3) is 0.954. The second-order valence-corrected chi connectivity index (χ2v) is 46.8. The van der Waals surface area contributed by atoms with E-state index < -0.39 is 0 Å². The number of unbranched alkanes of at least 4 members (excludes halogenated alkanes) is 11. The molecule has 14 atom stereocenters. The molecule has 6 nitrogen and oxygen atoms in total. The first kappa shape index (κ1) is 143. The van der Waals surface area contributed by atoms with Crippen LogP contribution in [0.25, 0.3) is 0 Å². The highest BCUT2D eigenvalue weighted by atomic mass is 15.2. The lowest BCUT2D eigenvalue weighted by Gasteiger charge is -2.36. The molecule has 0 amide bonds. The standard InChI is InChI=1S/C24H43N.C24H51N.2C22H47N.C20H43N.C18H39N/c1-5-9-14-22(7-3)20-25(21-23(8-4)15-10-6-2)19-18-24-16-12-11-13-17-24;1-7-13-16-22(10-4)19-25(20-23(11-5)17-14-8-2)21-24(12-6)18-15-9-3;1-8-12-14-21(10-3)17-23(20(7)16-19(5)6)18-22(11-4)15-13-9-2;1-7-12-15-21(10-4)18-23(17-20(6)14-9-3)19-22(11-5)16-13-8-2;1-7-13-14-20(12-6)17-21(15-18(8-2)9-3)16-19(10-4)11-5;1-8-10-11-18(9-2)14-19(13-16(5)6)17(7)12-15(3)4/h11-13,16-17,22-23H,5-10,14-15,18-21H2,1-4H3;22-24H,7-21H2,1-6H3;19-22H,8-18H2,1-7H3;20-22H,7-19H2,1-6H3;18-20H,7-17H2,1-6H3;15-18H,8-14H2,1-7H3. The molecule has 0 fully saturated rings. The average molecular weight is 1920 g/mol. The zero-order valence-corrected chi connectivity index (χ0v) is 102. The van der Waals surface area contributed by atoms with Crippen LogP contribution in [0.2, 0.25) is 0 Å². The van der Waals surface area contributed by atoms with Crippen molar-refractivity contribution in [3.05, 3.63) is 35.9 Å². The summed E-state index contributed by atoms with van der Waals surface area (Å²) < 4.78 is 0. The molecule has 820 valence electrons. The minimum atomic E-state index is 0.734. The Hall–Kier alpha value is -1.02. The van der Waals surface area contributed by atoms with Crippen LogP contribution in [-0.2, 0) is 6.42 Å². The number of rotatable bonds is 89. The van der Waals surface area contributed by atoms with Crippen molar-refractivity contribution in [1.82, 2.24) is 29.4 Å². The van der Waals surface area contributed by atoms with Gasteiger partial charge in [-0.05, 0) is 216 Å². The monoisotopic (exact) mass is 1920 g/mol. The normalized spacial score (nSPS) is 15.1. The smallest absolute Gasteiger partial charge is 0.00695 e. The molecule has 0 saturated carbocycles.